The first-order valence-corrected chi connectivity index (χ1v) is 8.16. The van der Waals surface area contributed by atoms with Gasteiger partial charge in [-0.2, -0.15) is 4.31 Å². The van der Waals surface area contributed by atoms with Gasteiger partial charge in [-0.25, -0.2) is 8.42 Å². The maximum absolute atomic E-state index is 12.4. The van der Waals surface area contributed by atoms with Crippen molar-refractivity contribution in [3.63, 3.8) is 0 Å². The zero-order valence-corrected chi connectivity index (χ0v) is 13.0. The van der Waals surface area contributed by atoms with Crippen molar-refractivity contribution in [2.45, 2.75) is 30.5 Å². The van der Waals surface area contributed by atoms with Crippen LogP contribution in [0.15, 0.2) is 21.5 Å². The molecule has 0 aliphatic rings. The van der Waals surface area contributed by atoms with Crippen molar-refractivity contribution in [3.05, 3.63) is 16.5 Å². The molecular weight excluding hydrogens is 310 g/mol. The lowest BCUT2D eigenvalue weighted by molar-refractivity contribution is 0.313. The molecule has 0 saturated heterocycles. The third kappa shape index (κ3) is 4.07. The van der Waals surface area contributed by atoms with Gasteiger partial charge in [-0.1, -0.05) is 16.8 Å². The van der Waals surface area contributed by atoms with E-state index in [1.165, 1.54) is 10.4 Å². The molecule has 9 heteroatoms. The highest BCUT2D eigenvalue weighted by Crippen LogP contribution is 2.29. The Morgan fingerprint density at radius 3 is 2.63 bits per heavy atom. The summed E-state index contributed by atoms with van der Waals surface area (Å²) in [5.41, 5.74) is 5.37. The van der Waals surface area contributed by atoms with Crippen molar-refractivity contribution in [2.24, 2.45) is 10.9 Å². The van der Waals surface area contributed by atoms with E-state index < -0.39 is 10.0 Å². The van der Waals surface area contributed by atoms with Crippen molar-refractivity contribution >= 4 is 38.8 Å². The van der Waals surface area contributed by atoms with Gasteiger partial charge in [-0.15, -0.1) is 11.3 Å². The van der Waals surface area contributed by atoms with Gasteiger partial charge in [0, 0.05) is 19.0 Å². The molecule has 1 rings (SSSR count). The molecule has 1 heterocycles. The summed E-state index contributed by atoms with van der Waals surface area (Å²) < 4.78 is 26.7. The lowest BCUT2D eigenvalue weighted by atomic mass is 10.3. The van der Waals surface area contributed by atoms with Crippen molar-refractivity contribution in [1.82, 2.24) is 4.31 Å². The first-order valence-electron chi connectivity index (χ1n) is 5.52. The first-order chi connectivity index (χ1) is 8.78. The number of amidine groups is 1. The molecule has 0 bridgehead atoms. The molecule has 6 nitrogen and oxygen atoms in total. The topological polar surface area (TPSA) is 96.0 Å². The first kappa shape index (κ1) is 16.2. The number of hydrogen-bond acceptors (Lipinski definition) is 5. The van der Waals surface area contributed by atoms with Crippen molar-refractivity contribution in [3.8, 4) is 0 Å². The molecule has 0 fully saturated rings. The van der Waals surface area contributed by atoms with Gasteiger partial charge < -0.3 is 10.9 Å². The zero-order valence-electron chi connectivity index (χ0n) is 10.6. The quantitative estimate of drug-likeness (QED) is 0.361. The van der Waals surface area contributed by atoms with Crippen LogP contribution in [0.4, 0.5) is 0 Å². The van der Waals surface area contributed by atoms with Gasteiger partial charge in [0.2, 0.25) is 0 Å². The molecule has 108 valence electrons. The summed E-state index contributed by atoms with van der Waals surface area (Å²) >= 11 is 6.77. The smallest absolute Gasteiger partial charge is 0.252 e. The van der Waals surface area contributed by atoms with Gasteiger partial charge >= 0.3 is 0 Å². The Balaban J connectivity index is 2.98. The Morgan fingerprint density at radius 2 is 2.21 bits per heavy atom. The van der Waals surface area contributed by atoms with Gasteiger partial charge in [0.1, 0.15) is 10.0 Å². The molecule has 0 aliphatic heterocycles. The van der Waals surface area contributed by atoms with Gasteiger partial charge in [-0.05, 0) is 26.0 Å². The highest BCUT2D eigenvalue weighted by atomic mass is 35.5. The van der Waals surface area contributed by atoms with Crippen LogP contribution in [0.1, 0.15) is 20.3 Å². The number of thiophene rings is 1. The van der Waals surface area contributed by atoms with Gasteiger partial charge in [-0.3, -0.25) is 0 Å². The monoisotopic (exact) mass is 325 g/mol. The average Bonchev–Trinajstić information content (AvgIpc) is 2.75. The number of halogens is 1. The van der Waals surface area contributed by atoms with Gasteiger partial charge in [0.25, 0.3) is 10.0 Å². The molecule has 0 aliphatic carbocycles. The summed E-state index contributed by atoms with van der Waals surface area (Å²) in [5, 5.41) is 11.3. The average molecular weight is 326 g/mol. The van der Waals surface area contributed by atoms with E-state index in [2.05, 4.69) is 5.16 Å². The minimum atomic E-state index is -3.61. The van der Waals surface area contributed by atoms with E-state index in [4.69, 9.17) is 22.5 Å². The van der Waals surface area contributed by atoms with E-state index in [-0.39, 0.29) is 29.1 Å². The van der Waals surface area contributed by atoms with Crippen LogP contribution < -0.4 is 5.73 Å². The van der Waals surface area contributed by atoms with E-state index in [9.17, 15) is 8.42 Å². The molecule has 0 aromatic carbocycles. The van der Waals surface area contributed by atoms with Crippen LogP contribution in [0.2, 0.25) is 4.34 Å². The number of sulfonamides is 1. The summed E-state index contributed by atoms with van der Waals surface area (Å²) in [5.74, 6) is -0.00920. The van der Waals surface area contributed by atoms with Crippen molar-refractivity contribution < 1.29 is 13.6 Å². The molecule has 0 unspecified atom stereocenters. The minimum absolute atomic E-state index is 0.00920. The highest BCUT2D eigenvalue weighted by Gasteiger charge is 2.28. The summed E-state index contributed by atoms with van der Waals surface area (Å²) in [6.07, 6.45) is 0.160. The Labute approximate surface area is 121 Å². The van der Waals surface area contributed by atoms with Crippen LogP contribution in [0.3, 0.4) is 0 Å². The minimum Gasteiger partial charge on any atom is -0.409 e. The zero-order chi connectivity index (χ0) is 14.6. The molecular formula is C10H16ClN3O3S2. The summed E-state index contributed by atoms with van der Waals surface area (Å²) in [4.78, 5) is 0. The fourth-order valence-corrected chi connectivity index (χ4v) is 4.73. The SMILES string of the molecule is CC(C)N(CCC(N)=NO)S(=O)(=O)c1ccc(Cl)s1. The predicted octanol–water partition coefficient (Wildman–Crippen LogP) is 1.94. The Bertz CT molecular complexity index is 554. The number of oxime groups is 1. The molecule has 0 saturated carbocycles. The van der Waals surface area contributed by atoms with Crippen LogP contribution in [-0.2, 0) is 10.0 Å². The lowest BCUT2D eigenvalue weighted by Crippen LogP contribution is -2.38. The van der Waals surface area contributed by atoms with E-state index in [0.29, 0.717) is 4.34 Å². The van der Waals surface area contributed by atoms with Crippen LogP contribution in [0.25, 0.3) is 0 Å². The fraction of sp³-hybridized carbons (Fsp3) is 0.500. The maximum atomic E-state index is 12.4. The molecule has 0 atom stereocenters. The van der Waals surface area contributed by atoms with Crippen molar-refractivity contribution in [1.29, 1.82) is 0 Å². The second kappa shape index (κ2) is 6.56. The standard InChI is InChI=1S/C10H16ClN3O3S2/c1-7(2)14(6-5-9(12)13-15)19(16,17)10-4-3-8(11)18-10/h3-4,7,15H,5-6H2,1-2H3,(H2,12,13). The van der Waals surface area contributed by atoms with Crippen LogP contribution in [0.5, 0.6) is 0 Å². The molecule has 1 aromatic heterocycles. The van der Waals surface area contributed by atoms with E-state index >= 15 is 0 Å². The third-order valence-electron chi connectivity index (χ3n) is 2.40. The summed E-state index contributed by atoms with van der Waals surface area (Å²) in [6, 6.07) is 2.78. The Kier molecular flexibility index (Phi) is 5.60. The van der Waals surface area contributed by atoms with Crippen molar-refractivity contribution in [2.75, 3.05) is 6.54 Å². The summed E-state index contributed by atoms with van der Waals surface area (Å²) in [7, 11) is -3.61. The van der Waals surface area contributed by atoms with E-state index in [0.717, 1.165) is 11.3 Å². The lowest BCUT2D eigenvalue weighted by Gasteiger charge is -2.24. The molecule has 0 radical (unpaired) electrons. The third-order valence-corrected chi connectivity index (χ3v) is 6.18. The fourth-order valence-electron chi connectivity index (χ4n) is 1.48. The van der Waals surface area contributed by atoms with E-state index in [1.54, 1.807) is 19.9 Å². The van der Waals surface area contributed by atoms with Crippen LogP contribution in [-0.4, -0.2) is 36.4 Å². The number of hydrogen-bond donors (Lipinski definition) is 2. The molecule has 3 N–H and O–H groups in total. The van der Waals surface area contributed by atoms with E-state index in [1.807, 2.05) is 0 Å². The number of rotatable bonds is 6. The number of nitrogens with zero attached hydrogens (tertiary/aromatic N) is 2. The number of nitrogens with two attached hydrogens (primary N) is 1. The highest BCUT2D eigenvalue weighted by molar-refractivity contribution is 7.91. The van der Waals surface area contributed by atoms with Gasteiger partial charge in [0.15, 0.2) is 0 Å². The molecule has 19 heavy (non-hydrogen) atoms. The summed E-state index contributed by atoms with van der Waals surface area (Å²) in [6.45, 7) is 3.67. The molecule has 1 aromatic rings. The Hall–Kier alpha value is -0.830. The maximum Gasteiger partial charge on any atom is 0.252 e. The second-order valence-corrected chi connectivity index (χ2v) is 7.94. The largest absolute Gasteiger partial charge is 0.409 e. The Morgan fingerprint density at radius 1 is 1.58 bits per heavy atom. The van der Waals surface area contributed by atoms with Crippen LogP contribution >= 0.6 is 22.9 Å². The normalized spacial score (nSPS) is 13.4. The van der Waals surface area contributed by atoms with Gasteiger partial charge in [0.05, 0.1) is 4.34 Å². The van der Waals surface area contributed by atoms with Crippen LogP contribution in [0, 0.1) is 0 Å². The predicted molar refractivity (Wildman–Crippen MR) is 76.4 cm³/mol. The molecule has 0 spiro atoms. The molecule has 0 amide bonds. The second-order valence-electron chi connectivity index (χ2n) is 4.11.